The van der Waals surface area contributed by atoms with Gasteiger partial charge < -0.3 is 13.7 Å². The van der Waals surface area contributed by atoms with Gasteiger partial charge in [0.2, 0.25) is 0 Å². The number of rotatable bonds is 3. The zero-order valence-corrected chi connectivity index (χ0v) is 10.5. The highest BCUT2D eigenvalue weighted by molar-refractivity contribution is 5.94. The van der Waals surface area contributed by atoms with Crippen LogP contribution in [0.25, 0.3) is 11.1 Å². The monoisotopic (exact) mass is 255 g/mol. The predicted octanol–water partition coefficient (Wildman–Crippen LogP) is 3.07. The first-order chi connectivity index (χ1) is 9.29. The molecule has 4 heteroatoms. The Morgan fingerprint density at radius 1 is 1.26 bits per heavy atom. The second kappa shape index (κ2) is 4.65. The number of carbonyl (C=O) groups is 1. The van der Waals surface area contributed by atoms with Crippen LogP contribution in [0.5, 0.6) is 0 Å². The lowest BCUT2D eigenvalue weighted by Crippen LogP contribution is -2.11. The Bertz CT molecular complexity index is 709. The van der Waals surface area contributed by atoms with Crippen molar-refractivity contribution in [3.63, 3.8) is 0 Å². The highest BCUT2D eigenvalue weighted by Crippen LogP contribution is 2.23. The van der Waals surface area contributed by atoms with Crippen LogP contribution in [0.4, 0.5) is 0 Å². The van der Waals surface area contributed by atoms with Crippen molar-refractivity contribution >= 4 is 17.1 Å². The molecule has 0 aliphatic rings. The SMILES string of the molecule is COC(=O)c1cc2occc2n1Cc1ccccc1. The van der Waals surface area contributed by atoms with Crippen LogP contribution in [-0.4, -0.2) is 17.6 Å². The van der Waals surface area contributed by atoms with E-state index in [1.807, 2.05) is 41.0 Å². The highest BCUT2D eigenvalue weighted by Gasteiger charge is 2.17. The molecule has 0 atom stereocenters. The van der Waals surface area contributed by atoms with Gasteiger partial charge in [-0.25, -0.2) is 4.79 Å². The van der Waals surface area contributed by atoms with Crippen LogP contribution in [0.15, 0.2) is 53.1 Å². The molecular weight excluding hydrogens is 242 g/mol. The largest absolute Gasteiger partial charge is 0.464 e. The molecule has 0 fully saturated rings. The summed E-state index contributed by atoms with van der Waals surface area (Å²) in [4.78, 5) is 11.8. The van der Waals surface area contributed by atoms with E-state index in [-0.39, 0.29) is 5.97 Å². The summed E-state index contributed by atoms with van der Waals surface area (Å²) in [5, 5.41) is 0. The van der Waals surface area contributed by atoms with E-state index in [4.69, 9.17) is 9.15 Å². The first kappa shape index (κ1) is 11.6. The minimum absolute atomic E-state index is 0.359. The van der Waals surface area contributed by atoms with E-state index in [1.54, 1.807) is 12.3 Å². The smallest absolute Gasteiger partial charge is 0.354 e. The molecule has 1 aromatic carbocycles. The fourth-order valence-corrected chi connectivity index (χ4v) is 2.19. The summed E-state index contributed by atoms with van der Waals surface area (Å²) in [5.41, 5.74) is 3.20. The second-order valence-corrected chi connectivity index (χ2v) is 4.26. The lowest BCUT2D eigenvalue weighted by atomic mass is 10.2. The maximum Gasteiger partial charge on any atom is 0.354 e. The fourth-order valence-electron chi connectivity index (χ4n) is 2.19. The zero-order valence-electron chi connectivity index (χ0n) is 10.5. The van der Waals surface area contributed by atoms with E-state index in [9.17, 15) is 4.79 Å². The van der Waals surface area contributed by atoms with Gasteiger partial charge in [-0.3, -0.25) is 0 Å². The summed E-state index contributed by atoms with van der Waals surface area (Å²) in [6.07, 6.45) is 1.62. The molecule has 3 aromatic rings. The molecule has 2 heterocycles. The molecule has 0 spiro atoms. The summed E-state index contributed by atoms with van der Waals surface area (Å²) < 4.78 is 12.1. The number of ether oxygens (including phenoxy) is 1. The summed E-state index contributed by atoms with van der Waals surface area (Å²) >= 11 is 0. The molecule has 19 heavy (non-hydrogen) atoms. The third-order valence-corrected chi connectivity index (χ3v) is 3.10. The molecule has 0 bridgehead atoms. The number of benzene rings is 1. The number of hydrogen-bond donors (Lipinski definition) is 0. The molecule has 0 saturated heterocycles. The normalized spacial score (nSPS) is 10.8. The molecule has 4 nitrogen and oxygen atoms in total. The Balaban J connectivity index is 2.09. The topological polar surface area (TPSA) is 44.4 Å². The van der Waals surface area contributed by atoms with Gasteiger partial charge in [0.15, 0.2) is 5.58 Å². The molecule has 0 saturated carbocycles. The van der Waals surface area contributed by atoms with Crippen LogP contribution in [0.1, 0.15) is 16.1 Å². The zero-order chi connectivity index (χ0) is 13.2. The number of furan rings is 1. The Hall–Kier alpha value is -2.49. The highest BCUT2D eigenvalue weighted by atomic mass is 16.5. The van der Waals surface area contributed by atoms with Gasteiger partial charge in [-0.15, -0.1) is 0 Å². The lowest BCUT2D eigenvalue weighted by molar-refractivity contribution is 0.0589. The van der Waals surface area contributed by atoms with Crippen molar-refractivity contribution in [2.45, 2.75) is 6.54 Å². The quantitative estimate of drug-likeness (QED) is 0.675. The minimum atomic E-state index is -0.359. The van der Waals surface area contributed by atoms with Crippen LogP contribution >= 0.6 is 0 Å². The number of carbonyl (C=O) groups excluding carboxylic acids is 1. The second-order valence-electron chi connectivity index (χ2n) is 4.26. The van der Waals surface area contributed by atoms with Crippen molar-refractivity contribution in [2.24, 2.45) is 0 Å². The third-order valence-electron chi connectivity index (χ3n) is 3.10. The Morgan fingerprint density at radius 2 is 2.05 bits per heavy atom. The summed E-state index contributed by atoms with van der Waals surface area (Å²) in [7, 11) is 1.38. The van der Waals surface area contributed by atoms with E-state index in [0.717, 1.165) is 11.1 Å². The van der Waals surface area contributed by atoms with E-state index in [1.165, 1.54) is 7.11 Å². The molecule has 0 aliphatic carbocycles. The molecule has 3 rings (SSSR count). The first-order valence-corrected chi connectivity index (χ1v) is 5.98. The van der Waals surface area contributed by atoms with Gasteiger partial charge in [0.05, 0.1) is 18.9 Å². The maximum atomic E-state index is 11.8. The van der Waals surface area contributed by atoms with Gasteiger partial charge in [0, 0.05) is 18.7 Å². The van der Waals surface area contributed by atoms with Gasteiger partial charge in [0.25, 0.3) is 0 Å². The number of esters is 1. The Labute approximate surface area is 110 Å². The van der Waals surface area contributed by atoms with E-state index < -0.39 is 0 Å². The fraction of sp³-hybridized carbons (Fsp3) is 0.133. The van der Waals surface area contributed by atoms with Crippen LogP contribution < -0.4 is 0 Å². The number of fused-ring (bicyclic) bond motifs is 1. The van der Waals surface area contributed by atoms with Crippen LogP contribution in [0.3, 0.4) is 0 Å². The first-order valence-electron chi connectivity index (χ1n) is 5.98. The maximum absolute atomic E-state index is 11.8. The van der Waals surface area contributed by atoms with Crippen LogP contribution in [-0.2, 0) is 11.3 Å². The number of hydrogen-bond acceptors (Lipinski definition) is 3. The Morgan fingerprint density at radius 3 is 2.79 bits per heavy atom. The molecule has 0 radical (unpaired) electrons. The van der Waals surface area contributed by atoms with Crippen molar-refractivity contribution in [3.05, 3.63) is 60.0 Å². The van der Waals surface area contributed by atoms with Crippen molar-refractivity contribution in [2.75, 3.05) is 7.11 Å². The van der Waals surface area contributed by atoms with Crippen molar-refractivity contribution in [1.29, 1.82) is 0 Å². The molecule has 96 valence electrons. The van der Waals surface area contributed by atoms with Crippen molar-refractivity contribution < 1.29 is 13.9 Å². The summed E-state index contributed by atoms with van der Waals surface area (Å²) in [6.45, 7) is 0.605. The summed E-state index contributed by atoms with van der Waals surface area (Å²) in [5.74, 6) is -0.359. The predicted molar refractivity (Wildman–Crippen MR) is 71.1 cm³/mol. The molecule has 0 aliphatic heterocycles. The summed E-state index contributed by atoms with van der Waals surface area (Å²) in [6, 6.07) is 13.5. The van der Waals surface area contributed by atoms with Gasteiger partial charge in [-0.05, 0) is 5.56 Å². The van der Waals surface area contributed by atoms with Gasteiger partial charge in [-0.2, -0.15) is 0 Å². The third kappa shape index (κ3) is 2.01. The molecule has 0 unspecified atom stereocenters. The van der Waals surface area contributed by atoms with Crippen LogP contribution in [0.2, 0.25) is 0 Å². The minimum Gasteiger partial charge on any atom is -0.464 e. The van der Waals surface area contributed by atoms with Gasteiger partial charge in [-0.1, -0.05) is 30.3 Å². The Kier molecular flexibility index (Phi) is 2.83. The van der Waals surface area contributed by atoms with Gasteiger partial charge in [0.1, 0.15) is 5.69 Å². The average Bonchev–Trinajstić information content (AvgIpc) is 3.02. The van der Waals surface area contributed by atoms with Crippen molar-refractivity contribution in [1.82, 2.24) is 4.57 Å². The molecular formula is C15H13NO3. The number of nitrogens with zero attached hydrogens (tertiary/aromatic N) is 1. The van der Waals surface area contributed by atoms with E-state index in [2.05, 4.69) is 0 Å². The molecule has 0 amide bonds. The standard InChI is InChI=1S/C15H13NO3/c1-18-15(17)13-9-14-12(7-8-19-14)16(13)10-11-5-3-2-4-6-11/h2-9H,10H2,1H3. The van der Waals surface area contributed by atoms with E-state index >= 15 is 0 Å². The molecule has 2 aromatic heterocycles. The number of aromatic nitrogens is 1. The van der Waals surface area contributed by atoms with Crippen molar-refractivity contribution in [3.8, 4) is 0 Å². The van der Waals surface area contributed by atoms with Crippen LogP contribution in [0, 0.1) is 0 Å². The average molecular weight is 255 g/mol. The van der Waals surface area contributed by atoms with E-state index in [0.29, 0.717) is 17.8 Å². The van der Waals surface area contributed by atoms with Gasteiger partial charge >= 0.3 is 5.97 Å². The number of methoxy groups -OCH3 is 1. The molecule has 0 N–H and O–H groups in total. The lowest BCUT2D eigenvalue weighted by Gasteiger charge is -2.08.